The van der Waals surface area contributed by atoms with E-state index in [9.17, 15) is 4.79 Å². The van der Waals surface area contributed by atoms with E-state index in [4.69, 9.17) is 11.6 Å². The van der Waals surface area contributed by atoms with E-state index in [2.05, 4.69) is 31.1 Å². The zero-order valence-corrected chi connectivity index (χ0v) is 15.2. The molecule has 0 atom stereocenters. The molecule has 2 rings (SSSR count). The molecule has 0 unspecified atom stereocenters. The highest BCUT2D eigenvalue weighted by molar-refractivity contribution is 7.15. The molecule has 0 aliphatic rings. The molecule has 0 fully saturated rings. The standard InChI is InChI=1S/C16H22ClN3OS/c1-15(2,3)10-16(4,5)19-12(21)7-6-11-13(17)18-14-20(11)8-9-22-14/h6-9H,10H2,1-5H3,(H,19,21). The maximum Gasteiger partial charge on any atom is 0.244 e. The van der Waals surface area contributed by atoms with E-state index in [1.54, 1.807) is 6.08 Å². The Bertz CT molecular complexity index is 707. The topological polar surface area (TPSA) is 46.4 Å². The molecule has 0 aliphatic heterocycles. The van der Waals surface area contributed by atoms with Gasteiger partial charge in [-0.05, 0) is 31.8 Å². The molecule has 0 aromatic carbocycles. The molecule has 1 N–H and O–H groups in total. The molecule has 6 heteroatoms. The largest absolute Gasteiger partial charge is 0.348 e. The molecule has 120 valence electrons. The highest BCUT2D eigenvalue weighted by Gasteiger charge is 2.26. The normalized spacial score (nSPS) is 13.2. The third kappa shape index (κ3) is 4.34. The van der Waals surface area contributed by atoms with Gasteiger partial charge in [0.05, 0.1) is 5.69 Å². The van der Waals surface area contributed by atoms with E-state index >= 15 is 0 Å². The molecule has 4 nitrogen and oxygen atoms in total. The second-order valence-electron chi connectivity index (χ2n) is 7.29. The lowest BCUT2D eigenvalue weighted by atomic mass is 9.82. The zero-order chi connectivity index (χ0) is 16.5. The maximum absolute atomic E-state index is 12.2. The number of fused-ring (bicyclic) bond motifs is 1. The molecule has 2 aromatic rings. The smallest absolute Gasteiger partial charge is 0.244 e. The van der Waals surface area contributed by atoms with Gasteiger partial charge in [0, 0.05) is 23.2 Å². The van der Waals surface area contributed by atoms with Gasteiger partial charge in [-0.25, -0.2) is 4.98 Å². The quantitative estimate of drug-likeness (QED) is 0.839. The van der Waals surface area contributed by atoms with Crippen LogP contribution < -0.4 is 5.32 Å². The molecule has 22 heavy (non-hydrogen) atoms. The number of nitrogens with one attached hydrogen (secondary N) is 1. The summed E-state index contributed by atoms with van der Waals surface area (Å²) in [5.41, 5.74) is 0.609. The summed E-state index contributed by atoms with van der Waals surface area (Å²) in [6.07, 6.45) is 6.00. The number of hydrogen-bond donors (Lipinski definition) is 1. The highest BCUT2D eigenvalue weighted by Crippen LogP contribution is 2.27. The van der Waals surface area contributed by atoms with Gasteiger partial charge in [0.1, 0.15) is 0 Å². The van der Waals surface area contributed by atoms with E-state index in [0.29, 0.717) is 5.15 Å². The molecular formula is C16H22ClN3OS. The Kier molecular flexibility index (Phi) is 4.68. The summed E-state index contributed by atoms with van der Waals surface area (Å²) >= 11 is 7.61. The Hall–Kier alpha value is -1.33. The maximum atomic E-state index is 12.2. The molecule has 0 aliphatic carbocycles. The first-order valence-electron chi connectivity index (χ1n) is 7.19. The van der Waals surface area contributed by atoms with Crippen LogP contribution in [0.5, 0.6) is 0 Å². The van der Waals surface area contributed by atoms with E-state index in [1.165, 1.54) is 17.4 Å². The lowest BCUT2D eigenvalue weighted by Crippen LogP contribution is -2.45. The second kappa shape index (κ2) is 6.05. The van der Waals surface area contributed by atoms with Gasteiger partial charge in [-0.15, -0.1) is 11.3 Å². The number of halogens is 1. The van der Waals surface area contributed by atoms with E-state index in [1.807, 2.05) is 29.8 Å². The SMILES string of the molecule is CC(C)(C)CC(C)(C)NC(=O)C=Cc1c(Cl)nc2sccn12. The number of nitrogens with zero attached hydrogens (tertiary/aromatic N) is 2. The van der Waals surface area contributed by atoms with Gasteiger partial charge in [0.15, 0.2) is 10.1 Å². The lowest BCUT2D eigenvalue weighted by molar-refractivity contribution is -0.118. The van der Waals surface area contributed by atoms with Crippen molar-refractivity contribution in [3.63, 3.8) is 0 Å². The first kappa shape index (κ1) is 17.0. The summed E-state index contributed by atoms with van der Waals surface area (Å²) in [5, 5.41) is 5.38. The molecule has 1 amide bonds. The van der Waals surface area contributed by atoms with Crippen LogP contribution in [-0.2, 0) is 4.79 Å². The predicted octanol–water partition coefficient (Wildman–Crippen LogP) is 4.39. The van der Waals surface area contributed by atoms with E-state index < -0.39 is 0 Å². The molecule has 0 saturated heterocycles. The zero-order valence-electron chi connectivity index (χ0n) is 13.6. The van der Waals surface area contributed by atoms with Crippen LogP contribution >= 0.6 is 22.9 Å². The average Bonchev–Trinajstić information content (AvgIpc) is 2.82. The molecule has 0 bridgehead atoms. The Balaban J connectivity index is 2.08. The first-order valence-corrected chi connectivity index (χ1v) is 8.44. The fourth-order valence-corrected chi connectivity index (χ4v) is 3.83. The number of aromatic nitrogens is 2. The molecule has 0 spiro atoms. The number of hydrogen-bond acceptors (Lipinski definition) is 3. The summed E-state index contributed by atoms with van der Waals surface area (Å²) in [5.74, 6) is -0.129. The average molecular weight is 340 g/mol. The Morgan fingerprint density at radius 2 is 2.09 bits per heavy atom. The van der Waals surface area contributed by atoms with Crippen LogP contribution in [0, 0.1) is 5.41 Å². The van der Waals surface area contributed by atoms with E-state index in [-0.39, 0.29) is 16.9 Å². The van der Waals surface area contributed by atoms with Crippen LogP contribution in [0.15, 0.2) is 17.7 Å². The summed E-state index contributed by atoms with van der Waals surface area (Å²) in [6, 6.07) is 0. The van der Waals surface area contributed by atoms with Crippen LogP contribution in [0.25, 0.3) is 11.0 Å². The first-order chi connectivity index (χ1) is 10.1. The van der Waals surface area contributed by atoms with Crippen LogP contribution in [0.3, 0.4) is 0 Å². The minimum atomic E-state index is -0.265. The Labute approximate surface area is 140 Å². The van der Waals surface area contributed by atoms with Gasteiger partial charge in [-0.2, -0.15) is 0 Å². The van der Waals surface area contributed by atoms with Gasteiger partial charge in [0.2, 0.25) is 5.91 Å². The van der Waals surface area contributed by atoms with Crippen molar-refractivity contribution in [1.29, 1.82) is 0 Å². The van der Waals surface area contributed by atoms with Crippen molar-refractivity contribution in [3.8, 4) is 0 Å². The molecule has 0 radical (unpaired) electrons. The summed E-state index contributed by atoms with van der Waals surface area (Å²) < 4.78 is 1.87. The van der Waals surface area contributed by atoms with Gasteiger partial charge >= 0.3 is 0 Å². The number of imidazole rings is 1. The molecule has 2 aromatic heterocycles. The number of thiazole rings is 1. The van der Waals surface area contributed by atoms with Crippen molar-refractivity contribution in [2.45, 2.75) is 46.6 Å². The van der Waals surface area contributed by atoms with Gasteiger partial charge in [0.25, 0.3) is 0 Å². The van der Waals surface area contributed by atoms with Gasteiger partial charge < -0.3 is 5.32 Å². The molecule has 0 saturated carbocycles. The fourth-order valence-electron chi connectivity index (χ4n) is 2.83. The predicted molar refractivity (Wildman–Crippen MR) is 93.4 cm³/mol. The van der Waals surface area contributed by atoms with Gasteiger partial charge in [-0.1, -0.05) is 32.4 Å². The van der Waals surface area contributed by atoms with Crippen LogP contribution in [0.4, 0.5) is 0 Å². The van der Waals surface area contributed by atoms with Crippen molar-refractivity contribution in [2.24, 2.45) is 5.41 Å². The summed E-state index contributed by atoms with van der Waals surface area (Å²) in [7, 11) is 0. The number of carbonyl (C=O) groups excluding carboxylic acids is 1. The minimum absolute atomic E-state index is 0.129. The Morgan fingerprint density at radius 3 is 2.73 bits per heavy atom. The van der Waals surface area contributed by atoms with Gasteiger partial charge in [-0.3, -0.25) is 9.20 Å². The summed E-state index contributed by atoms with van der Waals surface area (Å²) in [4.78, 5) is 17.2. The monoisotopic (exact) mass is 339 g/mol. The van der Waals surface area contributed by atoms with E-state index in [0.717, 1.165) is 17.1 Å². The fraction of sp³-hybridized carbons (Fsp3) is 0.500. The van der Waals surface area contributed by atoms with Crippen LogP contribution in [0.1, 0.15) is 46.7 Å². The number of carbonyl (C=O) groups is 1. The van der Waals surface area contributed by atoms with Crippen LogP contribution in [0.2, 0.25) is 5.15 Å². The van der Waals surface area contributed by atoms with Crippen molar-refractivity contribution >= 4 is 39.9 Å². The van der Waals surface area contributed by atoms with Crippen molar-refractivity contribution in [1.82, 2.24) is 14.7 Å². The third-order valence-corrected chi connectivity index (χ3v) is 4.12. The highest BCUT2D eigenvalue weighted by atomic mass is 35.5. The summed E-state index contributed by atoms with van der Waals surface area (Å²) in [6.45, 7) is 10.6. The van der Waals surface area contributed by atoms with Crippen molar-refractivity contribution < 1.29 is 4.79 Å². The van der Waals surface area contributed by atoms with Crippen LogP contribution in [-0.4, -0.2) is 20.8 Å². The molecule has 2 heterocycles. The Morgan fingerprint density at radius 1 is 1.41 bits per heavy atom. The van der Waals surface area contributed by atoms with Crippen molar-refractivity contribution in [3.05, 3.63) is 28.5 Å². The third-order valence-electron chi connectivity index (χ3n) is 3.08. The number of amides is 1. The minimum Gasteiger partial charge on any atom is -0.348 e. The lowest BCUT2D eigenvalue weighted by Gasteiger charge is -2.32. The molecular weight excluding hydrogens is 318 g/mol. The van der Waals surface area contributed by atoms with Crippen molar-refractivity contribution in [2.75, 3.05) is 0 Å². The number of rotatable bonds is 4. The second-order valence-corrected chi connectivity index (χ2v) is 8.52.